The van der Waals surface area contributed by atoms with Gasteiger partial charge in [-0.3, -0.25) is 4.90 Å². The fourth-order valence-corrected chi connectivity index (χ4v) is 3.70. The molecule has 0 aromatic rings. The third-order valence-corrected chi connectivity index (χ3v) is 5.01. The maximum absolute atomic E-state index is 13.1. The molecule has 0 radical (unpaired) electrons. The molecule has 2 aliphatic rings. The van der Waals surface area contributed by atoms with Gasteiger partial charge in [0.2, 0.25) is 0 Å². The summed E-state index contributed by atoms with van der Waals surface area (Å²) >= 11 is 0. The van der Waals surface area contributed by atoms with Crippen molar-refractivity contribution in [2.45, 2.75) is 76.0 Å². The van der Waals surface area contributed by atoms with Gasteiger partial charge in [-0.1, -0.05) is 19.8 Å². The number of nitrogens with two attached hydrogens (primary N) is 1. The van der Waals surface area contributed by atoms with Crippen LogP contribution in [0, 0.1) is 5.92 Å². The largest absolute Gasteiger partial charge is 0.391 e. The monoisotopic (exact) mass is 292 g/mol. The molecule has 2 saturated carbocycles. The molecule has 0 amide bonds. The molecule has 2 fully saturated rings. The Kier molecular flexibility index (Phi) is 5.00. The first-order chi connectivity index (χ1) is 9.43. The van der Waals surface area contributed by atoms with Crippen LogP contribution in [-0.2, 0) is 0 Å². The number of unbranched alkanes of at least 4 members (excludes halogenated alkanes) is 1. The van der Waals surface area contributed by atoms with Gasteiger partial charge in [0.05, 0.1) is 5.92 Å². The van der Waals surface area contributed by atoms with Crippen LogP contribution in [0.4, 0.5) is 13.2 Å². The topological polar surface area (TPSA) is 29.3 Å². The SMILES string of the molecule is CCCCN(C1CC1)C1(CN)CCCC(C(F)(F)F)C1. The minimum absolute atomic E-state index is 0.202. The van der Waals surface area contributed by atoms with Crippen LogP contribution in [0.2, 0.25) is 0 Å². The van der Waals surface area contributed by atoms with Crippen molar-refractivity contribution in [2.75, 3.05) is 13.1 Å². The minimum atomic E-state index is -4.07. The lowest BCUT2D eigenvalue weighted by molar-refractivity contribution is -0.194. The van der Waals surface area contributed by atoms with E-state index in [0.29, 0.717) is 19.0 Å². The molecular weight excluding hydrogens is 265 g/mol. The summed E-state index contributed by atoms with van der Waals surface area (Å²) in [5.41, 5.74) is 5.56. The van der Waals surface area contributed by atoms with E-state index in [4.69, 9.17) is 5.73 Å². The highest BCUT2D eigenvalue weighted by Crippen LogP contribution is 2.46. The molecule has 0 heterocycles. The molecule has 0 aromatic carbocycles. The van der Waals surface area contributed by atoms with Crippen molar-refractivity contribution >= 4 is 0 Å². The summed E-state index contributed by atoms with van der Waals surface area (Å²) in [7, 11) is 0. The Morgan fingerprint density at radius 2 is 1.95 bits per heavy atom. The van der Waals surface area contributed by atoms with Crippen LogP contribution in [0.1, 0.15) is 58.3 Å². The van der Waals surface area contributed by atoms with Crippen LogP contribution in [0.15, 0.2) is 0 Å². The summed E-state index contributed by atoms with van der Waals surface area (Å²) < 4.78 is 39.3. The van der Waals surface area contributed by atoms with Gasteiger partial charge in [0.25, 0.3) is 0 Å². The Morgan fingerprint density at radius 1 is 1.25 bits per heavy atom. The highest BCUT2D eigenvalue weighted by molar-refractivity contribution is 5.03. The van der Waals surface area contributed by atoms with Gasteiger partial charge in [-0.25, -0.2) is 0 Å². The van der Waals surface area contributed by atoms with Gasteiger partial charge in [-0.15, -0.1) is 0 Å². The third-order valence-electron chi connectivity index (χ3n) is 5.01. The van der Waals surface area contributed by atoms with Crippen LogP contribution >= 0.6 is 0 Å². The highest BCUT2D eigenvalue weighted by atomic mass is 19.4. The quantitative estimate of drug-likeness (QED) is 0.809. The molecule has 5 heteroatoms. The summed E-state index contributed by atoms with van der Waals surface area (Å²) in [5, 5.41) is 0. The Hall–Kier alpha value is -0.290. The first kappa shape index (κ1) is 16.1. The zero-order valence-corrected chi connectivity index (χ0v) is 12.4. The Morgan fingerprint density at radius 3 is 2.45 bits per heavy atom. The van der Waals surface area contributed by atoms with Gasteiger partial charge in [-0.2, -0.15) is 13.2 Å². The third kappa shape index (κ3) is 3.48. The van der Waals surface area contributed by atoms with Gasteiger partial charge >= 0.3 is 6.18 Å². The van der Waals surface area contributed by atoms with Crippen molar-refractivity contribution in [2.24, 2.45) is 11.7 Å². The Bertz CT molecular complexity index is 315. The second kappa shape index (κ2) is 6.22. The van der Waals surface area contributed by atoms with E-state index in [1.54, 1.807) is 0 Å². The number of rotatable bonds is 6. The van der Waals surface area contributed by atoms with Gasteiger partial charge in [0.15, 0.2) is 0 Å². The molecule has 118 valence electrons. The number of nitrogens with zero attached hydrogens (tertiary/aromatic N) is 1. The fourth-order valence-electron chi connectivity index (χ4n) is 3.70. The molecule has 2 rings (SSSR count). The predicted octanol–water partition coefficient (Wildman–Crippen LogP) is 3.70. The molecule has 0 spiro atoms. The van der Waals surface area contributed by atoms with E-state index >= 15 is 0 Å². The van der Waals surface area contributed by atoms with Gasteiger partial charge in [0.1, 0.15) is 0 Å². The molecule has 2 atom stereocenters. The predicted molar refractivity (Wildman–Crippen MR) is 74.4 cm³/mol. The molecule has 2 nitrogen and oxygen atoms in total. The van der Waals surface area contributed by atoms with E-state index in [0.717, 1.165) is 38.6 Å². The number of hydrogen-bond acceptors (Lipinski definition) is 2. The van der Waals surface area contributed by atoms with Crippen molar-refractivity contribution in [1.29, 1.82) is 0 Å². The number of halogens is 3. The maximum Gasteiger partial charge on any atom is 0.391 e. The summed E-state index contributed by atoms with van der Waals surface area (Å²) in [4.78, 5) is 2.34. The van der Waals surface area contributed by atoms with E-state index < -0.39 is 17.6 Å². The van der Waals surface area contributed by atoms with Crippen molar-refractivity contribution in [3.8, 4) is 0 Å². The average Bonchev–Trinajstić information content (AvgIpc) is 3.23. The molecule has 2 aliphatic carbocycles. The average molecular weight is 292 g/mol. The summed E-state index contributed by atoms with van der Waals surface area (Å²) in [5.74, 6) is -1.16. The number of alkyl halides is 3. The zero-order valence-electron chi connectivity index (χ0n) is 12.4. The highest BCUT2D eigenvalue weighted by Gasteiger charge is 2.51. The van der Waals surface area contributed by atoms with E-state index in [1.165, 1.54) is 0 Å². The summed E-state index contributed by atoms with van der Waals surface area (Å²) in [6.45, 7) is 3.39. The van der Waals surface area contributed by atoms with Crippen LogP contribution in [0.25, 0.3) is 0 Å². The molecule has 20 heavy (non-hydrogen) atoms. The van der Waals surface area contributed by atoms with Crippen molar-refractivity contribution in [3.05, 3.63) is 0 Å². The summed E-state index contributed by atoms with van der Waals surface area (Å²) in [6.07, 6.45) is 2.27. The lowest BCUT2D eigenvalue weighted by atomic mass is 9.74. The second-order valence-electron chi connectivity index (χ2n) is 6.54. The van der Waals surface area contributed by atoms with Crippen LogP contribution in [0.5, 0.6) is 0 Å². The van der Waals surface area contributed by atoms with E-state index in [-0.39, 0.29) is 12.8 Å². The normalized spacial score (nSPS) is 31.8. The lowest BCUT2D eigenvalue weighted by Gasteiger charge is -2.49. The van der Waals surface area contributed by atoms with Crippen molar-refractivity contribution in [3.63, 3.8) is 0 Å². The van der Waals surface area contributed by atoms with Gasteiger partial charge in [0, 0.05) is 18.1 Å². The smallest absolute Gasteiger partial charge is 0.329 e. The van der Waals surface area contributed by atoms with Crippen molar-refractivity contribution < 1.29 is 13.2 Å². The van der Waals surface area contributed by atoms with E-state index in [9.17, 15) is 13.2 Å². The Labute approximate surface area is 119 Å². The summed E-state index contributed by atoms with van der Waals surface area (Å²) in [6, 6.07) is 0.483. The molecule has 2 unspecified atom stereocenters. The molecule has 0 aliphatic heterocycles. The molecule has 0 saturated heterocycles. The molecular formula is C15H27F3N2. The molecule has 0 bridgehead atoms. The van der Waals surface area contributed by atoms with Crippen molar-refractivity contribution in [1.82, 2.24) is 4.90 Å². The zero-order chi connectivity index (χ0) is 14.8. The molecule has 0 aromatic heterocycles. The first-order valence-corrected chi connectivity index (χ1v) is 7.96. The Balaban J connectivity index is 2.13. The fraction of sp³-hybridized carbons (Fsp3) is 1.00. The number of hydrogen-bond donors (Lipinski definition) is 1. The van der Waals surface area contributed by atoms with Crippen LogP contribution in [0.3, 0.4) is 0 Å². The van der Waals surface area contributed by atoms with Gasteiger partial charge in [-0.05, 0) is 45.1 Å². The van der Waals surface area contributed by atoms with Crippen LogP contribution in [-0.4, -0.2) is 35.7 Å². The second-order valence-corrected chi connectivity index (χ2v) is 6.54. The van der Waals surface area contributed by atoms with Crippen LogP contribution < -0.4 is 5.73 Å². The van der Waals surface area contributed by atoms with Gasteiger partial charge < -0.3 is 5.73 Å². The van der Waals surface area contributed by atoms with E-state index in [1.807, 2.05) is 0 Å². The first-order valence-electron chi connectivity index (χ1n) is 7.96. The maximum atomic E-state index is 13.1. The standard InChI is InChI=1S/C15H27F3N2/c1-2-3-9-20(13-6-7-13)14(11-19)8-4-5-12(10-14)15(16,17)18/h12-13H,2-11,19H2,1H3. The lowest BCUT2D eigenvalue weighted by Crippen LogP contribution is -2.58. The molecule has 2 N–H and O–H groups in total. The minimum Gasteiger partial charge on any atom is -0.329 e. The van der Waals surface area contributed by atoms with E-state index in [2.05, 4.69) is 11.8 Å².